The van der Waals surface area contributed by atoms with Crippen LogP contribution in [0.1, 0.15) is 65.7 Å². The normalized spacial score (nSPS) is 31.5. The Balaban J connectivity index is 1.24. The first kappa shape index (κ1) is 18.0. The van der Waals surface area contributed by atoms with Gasteiger partial charge in [-0.05, 0) is 92.9 Å². The number of anilines is 1. The maximum atomic E-state index is 12.8. The molecule has 1 atom stereocenters. The smallest absolute Gasteiger partial charge is 0.291 e. The molecule has 0 aromatic carbocycles. The second kappa shape index (κ2) is 6.76. The highest BCUT2D eigenvalue weighted by Crippen LogP contribution is 2.61. The SMILES string of the molecule is CC(NC(=O)c1ccc(NC(=O)c2ccco2)s1)C12CC3CC(CC(C3)C1)C2. The quantitative estimate of drug-likeness (QED) is 0.750. The first-order chi connectivity index (χ1) is 13.5. The van der Waals surface area contributed by atoms with Gasteiger partial charge in [-0.25, -0.2) is 0 Å². The van der Waals surface area contributed by atoms with Gasteiger partial charge >= 0.3 is 0 Å². The number of furan rings is 1. The Labute approximate surface area is 168 Å². The summed E-state index contributed by atoms with van der Waals surface area (Å²) in [6, 6.07) is 7.04. The molecule has 2 heterocycles. The first-order valence-corrected chi connectivity index (χ1v) is 11.1. The van der Waals surface area contributed by atoms with Gasteiger partial charge in [0.25, 0.3) is 11.8 Å². The molecule has 4 saturated carbocycles. The van der Waals surface area contributed by atoms with E-state index in [1.807, 2.05) is 0 Å². The molecule has 4 bridgehead atoms. The molecule has 2 amide bonds. The van der Waals surface area contributed by atoms with Crippen molar-refractivity contribution in [3.8, 4) is 0 Å². The van der Waals surface area contributed by atoms with Gasteiger partial charge in [-0.2, -0.15) is 0 Å². The van der Waals surface area contributed by atoms with E-state index in [-0.39, 0.29) is 29.0 Å². The molecule has 0 aliphatic heterocycles. The van der Waals surface area contributed by atoms with Gasteiger partial charge < -0.3 is 15.1 Å². The van der Waals surface area contributed by atoms with Crippen LogP contribution in [0.15, 0.2) is 34.9 Å². The highest BCUT2D eigenvalue weighted by Gasteiger charge is 2.53. The Kier molecular flexibility index (Phi) is 4.34. The third-order valence-corrected chi connectivity index (χ3v) is 8.16. The molecular weight excluding hydrogens is 372 g/mol. The van der Waals surface area contributed by atoms with Crippen molar-refractivity contribution >= 4 is 28.2 Å². The van der Waals surface area contributed by atoms with Crippen molar-refractivity contribution in [3.05, 3.63) is 41.2 Å². The summed E-state index contributed by atoms with van der Waals surface area (Å²) in [4.78, 5) is 25.6. The average Bonchev–Trinajstić information content (AvgIpc) is 3.32. The molecule has 2 N–H and O–H groups in total. The van der Waals surface area contributed by atoms with Crippen LogP contribution in [0.2, 0.25) is 0 Å². The molecule has 0 radical (unpaired) electrons. The lowest BCUT2D eigenvalue weighted by Gasteiger charge is -2.59. The van der Waals surface area contributed by atoms with E-state index < -0.39 is 0 Å². The summed E-state index contributed by atoms with van der Waals surface area (Å²) in [7, 11) is 0. The molecule has 4 aliphatic carbocycles. The molecule has 2 aromatic heterocycles. The first-order valence-electron chi connectivity index (χ1n) is 10.3. The van der Waals surface area contributed by atoms with Crippen LogP contribution in [0.5, 0.6) is 0 Å². The van der Waals surface area contributed by atoms with Crippen LogP contribution in [0.3, 0.4) is 0 Å². The number of carbonyl (C=O) groups excluding carboxylic acids is 2. The van der Waals surface area contributed by atoms with Crippen molar-refractivity contribution in [2.75, 3.05) is 5.32 Å². The summed E-state index contributed by atoms with van der Waals surface area (Å²) >= 11 is 1.30. The van der Waals surface area contributed by atoms with Crippen molar-refractivity contribution in [2.45, 2.75) is 51.5 Å². The fourth-order valence-electron chi connectivity index (χ4n) is 6.24. The van der Waals surface area contributed by atoms with Gasteiger partial charge in [0, 0.05) is 6.04 Å². The van der Waals surface area contributed by atoms with Crippen LogP contribution in [0.4, 0.5) is 5.00 Å². The third-order valence-electron chi connectivity index (χ3n) is 7.16. The van der Waals surface area contributed by atoms with Crippen molar-refractivity contribution in [2.24, 2.45) is 23.2 Å². The van der Waals surface area contributed by atoms with Crippen molar-refractivity contribution < 1.29 is 14.0 Å². The van der Waals surface area contributed by atoms with E-state index in [0.29, 0.717) is 9.88 Å². The number of nitrogens with one attached hydrogen (secondary N) is 2. The molecule has 6 heteroatoms. The van der Waals surface area contributed by atoms with Gasteiger partial charge in [-0.1, -0.05) is 0 Å². The van der Waals surface area contributed by atoms with Crippen LogP contribution in [0.25, 0.3) is 0 Å². The summed E-state index contributed by atoms with van der Waals surface area (Å²) in [6.45, 7) is 2.19. The topological polar surface area (TPSA) is 71.3 Å². The van der Waals surface area contributed by atoms with Gasteiger partial charge in [0.05, 0.1) is 16.1 Å². The van der Waals surface area contributed by atoms with E-state index >= 15 is 0 Å². The molecule has 4 fully saturated rings. The predicted octanol–water partition coefficient (Wildman–Crippen LogP) is 4.93. The number of carbonyl (C=O) groups is 2. The zero-order valence-corrected chi connectivity index (χ0v) is 16.9. The number of thiophene rings is 1. The molecule has 28 heavy (non-hydrogen) atoms. The minimum atomic E-state index is -0.305. The molecule has 6 rings (SSSR count). The average molecular weight is 399 g/mol. The van der Waals surface area contributed by atoms with Gasteiger partial charge in [0.2, 0.25) is 0 Å². The number of hydrogen-bond donors (Lipinski definition) is 2. The third kappa shape index (κ3) is 3.17. The second-order valence-electron chi connectivity index (χ2n) is 9.07. The lowest BCUT2D eigenvalue weighted by Crippen LogP contribution is -2.55. The van der Waals surface area contributed by atoms with E-state index in [0.717, 1.165) is 17.8 Å². The Morgan fingerprint density at radius 3 is 2.36 bits per heavy atom. The van der Waals surface area contributed by atoms with Crippen LogP contribution in [0, 0.1) is 23.2 Å². The monoisotopic (exact) mass is 398 g/mol. The van der Waals surface area contributed by atoms with Crippen LogP contribution in [-0.2, 0) is 0 Å². The summed E-state index contributed by atoms with van der Waals surface area (Å²) in [5, 5.41) is 6.72. The highest BCUT2D eigenvalue weighted by atomic mass is 32.1. The van der Waals surface area contributed by atoms with Gasteiger partial charge in [-0.3, -0.25) is 9.59 Å². The summed E-state index contributed by atoms with van der Waals surface area (Å²) in [6.07, 6.45) is 9.50. The molecule has 4 aliphatic rings. The summed E-state index contributed by atoms with van der Waals surface area (Å²) in [5.41, 5.74) is 0.290. The molecule has 0 saturated heterocycles. The Morgan fingerprint density at radius 2 is 1.75 bits per heavy atom. The van der Waals surface area contributed by atoms with Crippen LogP contribution < -0.4 is 10.6 Å². The minimum Gasteiger partial charge on any atom is -0.459 e. The van der Waals surface area contributed by atoms with Crippen LogP contribution >= 0.6 is 11.3 Å². The van der Waals surface area contributed by atoms with E-state index in [9.17, 15) is 9.59 Å². The lowest BCUT2D eigenvalue weighted by atomic mass is 9.48. The fourth-order valence-corrected chi connectivity index (χ4v) is 7.04. The largest absolute Gasteiger partial charge is 0.459 e. The Bertz CT molecular complexity index is 850. The summed E-state index contributed by atoms with van der Waals surface area (Å²) < 4.78 is 5.10. The maximum absolute atomic E-state index is 12.8. The zero-order chi connectivity index (χ0) is 19.3. The van der Waals surface area contributed by atoms with Crippen molar-refractivity contribution in [1.82, 2.24) is 5.32 Å². The maximum Gasteiger partial charge on any atom is 0.291 e. The zero-order valence-electron chi connectivity index (χ0n) is 16.1. The number of hydrogen-bond acceptors (Lipinski definition) is 4. The minimum absolute atomic E-state index is 0.0354. The van der Waals surface area contributed by atoms with Gasteiger partial charge in [-0.15, -0.1) is 11.3 Å². The molecule has 148 valence electrons. The highest BCUT2D eigenvalue weighted by molar-refractivity contribution is 7.18. The Morgan fingerprint density at radius 1 is 1.07 bits per heavy atom. The standard InChI is InChI=1S/C22H26N2O3S/c1-13(22-10-14-7-15(11-22)9-16(8-14)12-22)23-21(26)18-4-5-19(28-18)24-20(25)17-3-2-6-27-17/h2-6,13-16H,7-12H2,1H3,(H,23,26)(H,24,25). The second-order valence-corrected chi connectivity index (χ2v) is 10.2. The lowest BCUT2D eigenvalue weighted by molar-refractivity contribution is -0.0687. The van der Waals surface area contributed by atoms with E-state index in [1.165, 1.54) is 56.1 Å². The fraction of sp³-hybridized carbons (Fsp3) is 0.545. The molecule has 2 aromatic rings. The van der Waals surface area contributed by atoms with Crippen molar-refractivity contribution in [3.63, 3.8) is 0 Å². The van der Waals surface area contributed by atoms with E-state index in [1.54, 1.807) is 24.3 Å². The van der Waals surface area contributed by atoms with Crippen LogP contribution in [-0.4, -0.2) is 17.9 Å². The summed E-state index contributed by atoms with van der Waals surface area (Å²) in [5.74, 6) is 2.53. The molecular formula is C22H26N2O3S. The number of rotatable bonds is 5. The van der Waals surface area contributed by atoms with Crippen molar-refractivity contribution in [1.29, 1.82) is 0 Å². The van der Waals surface area contributed by atoms with Gasteiger partial charge in [0.15, 0.2) is 5.76 Å². The van der Waals surface area contributed by atoms with Gasteiger partial charge in [0.1, 0.15) is 0 Å². The predicted molar refractivity (Wildman–Crippen MR) is 109 cm³/mol. The van der Waals surface area contributed by atoms with E-state index in [2.05, 4.69) is 17.6 Å². The molecule has 5 nitrogen and oxygen atoms in total. The Hall–Kier alpha value is -2.08. The number of amides is 2. The molecule has 1 unspecified atom stereocenters. The van der Waals surface area contributed by atoms with E-state index in [4.69, 9.17) is 4.42 Å². The molecule has 0 spiro atoms.